The molecule has 0 amide bonds. The molecule has 6 heteroatoms. The lowest BCUT2D eigenvalue weighted by atomic mass is 10.2. The van der Waals surface area contributed by atoms with E-state index in [9.17, 15) is 0 Å². The molecule has 2 aromatic rings. The molecule has 2 rings (SSSR count). The van der Waals surface area contributed by atoms with Crippen LogP contribution in [0.4, 0.5) is 6.01 Å². The Morgan fingerprint density at radius 3 is 2.63 bits per heavy atom. The molecule has 0 bridgehead atoms. The minimum absolute atomic E-state index is 0.511. The smallest absolute Gasteiger partial charge is 0.318 e. The van der Waals surface area contributed by atoms with Gasteiger partial charge in [-0.2, -0.15) is 0 Å². The Morgan fingerprint density at radius 2 is 1.95 bits per heavy atom. The number of halogens is 1. The quantitative estimate of drug-likeness (QED) is 0.842. The van der Waals surface area contributed by atoms with Crippen molar-refractivity contribution in [3.8, 4) is 0 Å². The third kappa shape index (κ3) is 3.94. The highest BCUT2D eigenvalue weighted by molar-refractivity contribution is 6.30. The van der Waals surface area contributed by atoms with Crippen LogP contribution in [-0.2, 0) is 13.1 Å². The first kappa shape index (κ1) is 13.8. The number of rotatable bonds is 5. The van der Waals surface area contributed by atoms with Crippen molar-refractivity contribution in [2.24, 2.45) is 0 Å². The number of hydrogen-bond acceptors (Lipinski definition) is 5. The van der Waals surface area contributed by atoms with E-state index in [1.807, 2.05) is 55.2 Å². The molecule has 1 heterocycles. The molecule has 1 aromatic heterocycles. The average molecular weight is 281 g/mol. The minimum atomic E-state index is 0.511. The SMILES string of the molecule is CN(C)Cc1nnc(N(C)Cc2cccc(Cl)c2)o1. The molecule has 19 heavy (non-hydrogen) atoms. The molecule has 0 aliphatic heterocycles. The largest absolute Gasteiger partial charge is 0.407 e. The van der Waals surface area contributed by atoms with Crippen molar-refractivity contribution in [2.45, 2.75) is 13.1 Å². The van der Waals surface area contributed by atoms with Crippen LogP contribution >= 0.6 is 11.6 Å². The maximum atomic E-state index is 5.96. The van der Waals surface area contributed by atoms with Crippen molar-refractivity contribution in [3.05, 3.63) is 40.7 Å². The van der Waals surface area contributed by atoms with Crippen molar-refractivity contribution < 1.29 is 4.42 Å². The molecule has 0 spiro atoms. The lowest BCUT2D eigenvalue weighted by molar-refractivity contribution is 0.342. The lowest BCUT2D eigenvalue weighted by Crippen LogP contribution is -2.16. The predicted molar refractivity (Wildman–Crippen MR) is 75.2 cm³/mol. The Hall–Kier alpha value is -1.59. The molecule has 0 saturated carbocycles. The predicted octanol–water partition coefficient (Wildman–Crippen LogP) is 2.42. The third-order valence-corrected chi connectivity index (χ3v) is 2.78. The summed E-state index contributed by atoms with van der Waals surface area (Å²) in [6.45, 7) is 1.31. The van der Waals surface area contributed by atoms with Gasteiger partial charge in [0.15, 0.2) is 0 Å². The van der Waals surface area contributed by atoms with Gasteiger partial charge in [-0.3, -0.25) is 0 Å². The molecule has 0 N–H and O–H groups in total. The molecule has 0 aliphatic carbocycles. The summed E-state index contributed by atoms with van der Waals surface area (Å²) in [6, 6.07) is 8.23. The topological polar surface area (TPSA) is 45.4 Å². The first-order valence-electron chi connectivity index (χ1n) is 5.97. The Balaban J connectivity index is 2.03. The molecule has 0 unspecified atom stereocenters. The highest BCUT2D eigenvalue weighted by Crippen LogP contribution is 2.16. The van der Waals surface area contributed by atoms with E-state index in [1.165, 1.54) is 0 Å². The van der Waals surface area contributed by atoms with Gasteiger partial charge < -0.3 is 14.2 Å². The van der Waals surface area contributed by atoms with Crippen molar-refractivity contribution in [1.82, 2.24) is 15.1 Å². The van der Waals surface area contributed by atoms with Gasteiger partial charge >= 0.3 is 6.01 Å². The minimum Gasteiger partial charge on any atom is -0.407 e. The molecule has 0 saturated heterocycles. The summed E-state index contributed by atoms with van der Waals surface area (Å²) < 4.78 is 5.59. The van der Waals surface area contributed by atoms with E-state index in [0.717, 1.165) is 10.6 Å². The zero-order valence-corrected chi connectivity index (χ0v) is 12.1. The van der Waals surface area contributed by atoms with E-state index < -0.39 is 0 Å². The number of nitrogens with zero attached hydrogens (tertiary/aromatic N) is 4. The van der Waals surface area contributed by atoms with Crippen LogP contribution in [0.25, 0.3) is 0 Å². The van der Waals surface area contributed by atoms with Crippen molar-refractivity contribution >= 4 is 17.6 Å². The van der Waals surface area contributed by atoms with Gasteiger partial charge in [0.2, 0.25) is 5.89 Å². The van der Waals surface area contributed by atoms with Crippen LogP contribution in [0, 0.1) is 0 Å². The highest BCUT2D eigenvalue weighted by atomic mass is 35.5. The number of aromatic nitrogens is 2. The van der Waals surface area contributed by atoms with Crippen LogP contribution < -0.4 is 4.90 Å². The Bertz CT molecular complexity index is 541. The highest BCUT2D eigenvalue weighted by Gasteiger charge is 2.11. The van der Waals surface area contributed by atoms with Gasteiger partial charge in [0.05, 0.1) is 6.54 Å². The van der Waals surface area contributed by atoms with E-state index in [1.54, 1.807) is 0 Å². The molecule has 1 aromatic carbocycles. The lowest BCUT2D eigenvalue weighted by Gasteiger charge is -2.14. The van der Waals surface area contributed by atoms with Crippen molar-refractivity contribution in [1.29, 1.82) is 0 Å². The Labute approximate surface area is 117 Å². The van der Waals surface area contributed by atoms with Crippen LogP contribution in [0.1, 0.15) is 11.5 Å². The van der Waals surface area contributed by atoms with Crippen LogP contribution in [0.2, 0.25) is 5.02 Å². The van der Waals surface area contributed by atoms with E-state index in [2.05, 4.69) is 10.2 Å². The molecule has 102 valence electrons. The fraction of sp³-hybridized carbons (Fsp3) is 0.385. The first-order chi connectivity index (χ1) is 9.04. The molecular formula is C13H17ClN4O. The maximum Gasteiger partial charge on any atom is 0.318 e. The molecule has 5 nitrogen and oxygen atoms in total. The van der Waals surface area contributed by atoms with E-state index in [4.69, 9.17) is 16.0 Å². The van der Waals surface area contributed by atoms with Crippen LogP contribution in [0.5, 0.6) is 0 Å². The van der Waals surface area contributed by atoms with Gasteiger partial charge in [-0.15, -0.1) is 5.10 Å². The number of hydrogen-bond donors (Lipinski definition) is 0. The normalized spacial score (nSPS) is 11.0. The monoisotopic (exact) mass is 280 g/mol. The Kier molecular flexibility index (Phi) is 4.39. The summed E-state index contributed by atoms with van der Waals surface area (Å²) in [7, 11) is 5.83. The molecule has 0 fully saturated rings. The van der Waals surface area contributed by atoms with Gasteiger partial charge in [0, 0.05) is 18.6 Å². The van der Waals surface area contributed by atoms with Gasteiger partial charge in [-0.25, -0.2) is 0 Å². The summed E-state index contributed by atoms with van der Waals surface area (Å²) in [4.78, 5) is 3.88. The summed E-state index contributed by atoms with van der Waals surface area (Å²) >= 11 is 5.96. The zero-order valence-electron chi connectivity index (χ0n) is 11.3. The van der Waals surface area contributed by atoms with Gasteiger partial charge in [0.1, 0.15) is 0 Å². The van der Waals surface area contributed by atoms with Crippen molar-refractivity contribution in [3.63, 3.8) is 0 Å². The molecule has 0 radical (unpaired) electrons. The number of benzene rings is 1. The molecule has 0 aliphatic rings. The fourth-order valence-electron chi connectivity index (χ4n) is 1.71. The standard InChI is InChI=1S/C13H17ClN4O/c1-17(2)9-12-15-16-13(19-12)18(3)8-10-5-4-6-11(14)7-10/h4-7H,8-9H2,1-3H3. The first-order valence-corrected chi connectivity index (χ1v) is 6.35. The van der Waals surface area contributed by atoms with Gasteiger partial charge in [0.25, 0.3) is 0 Å². The zero-order chi connectivity index (χ0) is 13.8. The molecule has 0 atom stereocenters. The second-order valence-corrected chi connectivity index (χ2v) is 5.14. The summed E-state index contributed by atoms with van der Waals surface area (Å²) in [6.07, 6.45) is 0. The second kappa shape index (κ2) is 6.04. The Morgan fingerprint density at radius 1 is 1.16 bits per heavy atom. The van der Waals surface area contributed by atoms with E-state index >= 15 is 0 Å². The van der Waals surface area contributed by atoms with Crippen LogP contribution in [0.3, 0.4) is 0 Å². The average Bonchev–Trinajstić information content (AvgIpc) is 2.76. The van der Waals surface area contributed by atoms with Gasteiger partial charge in [-0.05, 0) is 31.8 Å². The summed E-state index contributed by atoms with van der Waals surface area (Å²) in [5, 5.41) is 8.77. The van der Waals surface area contributed by atoms with Gasteiger partial charge in [-0.1, -0.05) is 28.8 Å². The summed E-state index contributed by atoms with van der Waals surface area (Å²) in [5.41, 5.74) is 1.10. The van der Waals surface area contributed by atoms with Crippen molar-refractivity contribution in [2.75, 3.05) is 26.0 Å². The van der Waals surface area contributed by atoms with Crippen LogP contribution in [-0.4, -0.2) is 36.2 Å². The van der Waals surface area contributed by atoms with Crippen LogP contribution in [0.15, 0.2) is 28.7 Å². The summed E-state index contributed by atoms with van der Waals surface area (Å²) in [5.74, 6) is 0.609. The molecular weight excluding hydrogens is 264 g/mol. The number of anilines is 1. The third-order valence-electron chi connectivity index (χ3n) is 2.54. The fourth-order valence-corrected chi connectivity index (χ4v) is 1.92. The van der Waals surface area contributed by atoms with E-state index in [-0.39, 0.29) is 0 Å². The second-order valence-electron chi connectivity index (χ2n) is 4.70. The maximum absolute atomic E-state index is 5.96. The van der Waals surface area contributed by atoms with E-state index in [0.29, 0.717) is 25.0 Å².